The molecular formula is C23H24N2O5. The molecule has 0 atom stereocenters. The first kappa shape index (κ1) is 21.1. The highest BCUT2D eigenvalue weighted by atomic mass is 16.5. The number of carbonyl (C=O) groups is 1. The first-order valence-corrected chi connectivity index (χ1v) is 9.67. The van der Waals surface area contributed by atoms with Crippen molar-refractivity contribution in [3.63, 3.8) is 0 Å². The van der Waals surface area contributed by atoms with Gasteiger partial charge in [-0.2, -0.15) is 0 Å². The predicted octanol–water partition coefficient (Wildman–Crippen LogP) is 4.07. The fraction of sp³-hybridized carbons (Fsp3) is 0.261. The molecule has 1 heterocycles. The maximum Gasteiger partial charge on any atom is 0.337 e. The Balaban J connectivity index is 1.90. The minimum absolute atomic E-state index is 0.283. The fourth-order valence-corrected chi connectivity index (χ4v) is 2.89. The number of nitrogens with one attached hydrogen (secondary N) is 1. The molecule has 3 aromatic rings. The van der Waals surface area contributed by atoms with Gasteiger partial charge >= 0.3 is 5.97 Å². The smallest absolute Gasteiger partial charge is 0.337 e. The van der Waals surface area contributed by atoms with E-state index < -0.39 is 5.97 Å². The second-order valence-corrected chi connectivity index (χ2v) is 6.62. The summed E-state index contributed by atoms with van der Waals surface area (Å²) < 4.78 is 15.9. The maximum absolute atomic E-state index is 12.4. The van der Waals surface area contributed by atoms with Gasteiger partial charge in [0.1, 0.15) is 5.82 Å². The van der Waals surface area contributed by atoms with E-state index >= 15 is 0 Å². The largest absolute Gasteiger partial charge is 0.493 e. The number of benzene rings is 2. The Morgan fingerprint density at radius 2 is 1.93 bits per heavy atom. The zero-order valence-corrected chi connectivity index (χ0v) is 17.2. The number of aromatic nitrogens is 2. The lowest BCUT2D eigenvalue weighted by molar-refractivity contribution is 0.0601. The summed E-state index contributed by atoms with van der Waals surface area (Å²) in [6, 6.07) is 10.2. The molecule has 0 radical (unpaired) electrons. The van der Waals surface area contributed by atoms with Crippen LogP contribution in [0.3, 0.4) is 0 Å². The van der Waals surface area contributed by atoms with Crippen LogP contribution in [-0.2, 0) is 4.74 Å². The van der Waals surface area contributed by atoms with Gasteiger partial charge in [0.15, 0.2) is 11.5 Å². The molecule has 30 heavy (non-hydrogen) atoms. The zero-order chi connectivity index (χ0) is 21.5. The molecule has 0 fully saturated rings. The Morgan fingerprint density at radius 1 is 1.10 bits per heavy atom. The number of ether oxygens (including phenoxy) is 3. The van der Waals surface area contributed by atoms with Gasteiger partial charge in [0.05, 0.1) is 37.3 Å². The number of aromatic amines is 1. The molecule has 0 saturated carbocycles. The molecule has 7 heteroatoms. The van der Waals surface area contributed by atoms with Crippen LogP contribution in [0.25, 0.3) is 23.1 Å². The van der Waals surface area contributed by atoms with E-state index in [-0.39, 0.29) is 5.56 Å². The molecule has 0 aliphatic carbocycles. The molecule has 0 spiro atoms. The van der Waals surface area contributed by atoms with Gasteiger partial charge in [-0.25, -0.2) is 9.78 Å². The van der Waals surface area contributed by atoms with E-state index in [1.165, 1.54) is 13.2 Å². The van der Waals surface area contributed by atoms with Crippen molar-refractivity contribution >= 4 is 29.0 Å². The Kier molecular flexibility index (Phi) is 6.85. The minimum atomic E-state index is -0.482. The highest BCUT2D eigenvalue weighted by molar-refractivity contribution is 5.94. The van der Waals surface area contributed by atoms with E-state index in [4.69, 9.17) is 14.2 Å². The van der Waals surface area contributed by atoms with Crippen LogP contribution in [0.5, 0.6) is 11.5 Å². The molecule has 7 nitrogen and oxygen atoms in total. The molecular weight excluding hydrogens is 384 g/mol. The number of esters is 1. The van der Waals surface area contributed by atoms with Crippen LogP contribution in [0, 0.1) is 0 Å². The van der Waals surface area contributed by atoms with E-state index in [9.17, 15) is 9.59 Å². The topological polar surface area (TPSA) is 90.5 Å². The standard InChI is InChI=1S/C23H24N2O5/c1-4-5-12-30-20-13-15(6-10-19(20)28-2)7-11-21-24-18-14-16(23(27)29-3)8-9-17(18)22(26)25-21/h6-11,13-14H,4-5,12H2,1-3H3,(H,24,25,26)/b11-7+. The van der Waals surface area contributed by atoms with Crippen molar-refractivity contribution in [3.8, 4) is 11.5 Å². The molecule has 3 rings (SSSR count). The van der Waals surface area contributed by atoms with Crippen LogP contribution < -0.4 is 15.0 Å². The maximum atomic E-state index is 12.4. The van der Waals surface area contributed by atoms with Crippen molar-refractivity contribution in [2.24, 2.45) is 0 Å². The van der Waals surface area contributed by atoms with Crippen molar-refractivity contribution in [2.75, 3.05) is 20.8 Å². The monoisotopic (exact) mass is 408 g/mol. The van der Waals surface area contributed by atoms with E-state index in [0.717, 1.165) is 18.4 Å². The average Bonchev–Trinajstić information content (AvgIpc) is 2.77. The summed E-state index contributed by atoms with van der Waals surface area (Å²) in [5, 5.41) is 0.399. The normalized spacial score (nSPS) is 11.0. The zero-order valence-electron chi connectivity index (χ0n) is 17.2. The van der Waals surface area contributed by atoms with E-state index in [1.54, 1.807) is 25.3 Å². The highest BCUT2D eigenvalue weighted by Gasteiger charge is 2.09. The molecule has 0 bridgehead atoms. The van der Waals surface area contributed by atoms with Crippen LogP contribution in [0.4, 0.5) is 0 Å². The lowest BCUT2D eigenvalue weighted by Gasteiger charge is -2.11. The Morgan fingerprint density at radius 3 is 2.67 bits per heavy atom. The van der Waals surface area contributed by atoms with Crippen molar-refractivity contribution < 1.29 is 19.0 Å². The third-order valence-electron chi connectivity index (χ3n) is 4.52. The summed E-state index contributed by atoms with van der Waals surface area (Å²) in [4.78, 5) is 31.3. The molecule has 156 valence electrons. The Labute approximate surface area is 174 Å². The quantitative estimate of drug-likeness (QED) is 0.446. The minimum Gasteiger partial charge on any atom is -0.493 e. The number of hydrogen-bond acceptors (Lipinski definition) is 6. The summed E-state index contributed by atoms with van der Waals surface area (Å²) in [7, 11) is 2.91. The van der Waals surface area contributed by atoms with Crippen molar-refractivity contribution in [1.29, 1.82) is 0 Å². The van der Waals surface area contributed by atoms with Gasteiger partial charge < -0.3 is 19.2 Å². The lowest BCUT2D eigenvalue weighted by Crippen LogP contribution is -2.11. The Bertz CT molecular complexity index is 1130. The second kappa shape index (κ2) is 9.73. The van der Waals surface area contributed by atoms with Gasteiger partial charge in [0, 0.05) is 0 Å². The number of nitrogens with zero attached hydrogens (tertiary/aromatic N) is 1. The average molecular weight is 408 g/mol. The van der Waals surface area contributed by atoms with E-state index in [0.29, 0.717) is 40.4 Å². The molecule has 0 saturated heterocycles. The number of rotatable bonds is 8. The number of hydrogen-bond donors (Lipinski definition) is 1. The first-order valence-electron chi connectivity index (χ1n) is 9.67. The van der Waals surface area contributed by atoms with Gasteiger partial charge in [0.25, 0.3) is 5.56 Å². The molecule has 0 aliphatic heterocycles. The predicted molar refractivity (Wildman–Crippen MR) is 116 cm³/mol. The van der Waals surface area contributed by atoms with Crippen LogP contribution in [0.2, 0.25) is 0 Å². The second-order valence-electron chi connectivity index (χ2n) is 6.62. The first-order chi connectivity index (χ1) is 14.5. The summed E-state index contributed by atoms with van der Waals surface area (Å²) >= 11 is 0. The van der Waals surface area contributed by atoms with Gasteiger partial charge in [-0.15, -0.1) is 0 Å². The number of fused-ring (bicyclic) bond motifs is 1. The summed E-state index contributed by atoms with van der Waals surface area (Å²) in [6.07, 6.45) is 5.52. The van der Waals surface area contributed by atoms with Gasteiger partial charge in [0.2, 0.25) is 0 Å². The molecule has 1 aromatic heterocycles. The lowest BCUT2D eigenvalue weighted by atomic mass is 10.1. The Hall–Kier alpha value is -3.61. The van der Waals surface area contributed by atoms with Crippen molar-refractivity contribution in [1.82, 2.24) is 9.97 Å². The molecule has 2 aromatic carbocycles. The van der Waals surface area contributed by atoms with Gasteiger partial charge in [-0.05, 0) is 48.4 Å². The SMILES string of the molecule is CCCCOc1cc(/C=C/c2nc3cc(C(=O)OC)ccc3c(=O)[nH]2)ccc1OC. The summed E-state index contributed by atoms with van der Waals surface area (Å²) in [6.45, 7) is 2.72. The van der Waals surface area contributed by atoms with Gasteiger partial charge in [-0.3, -0.25) is 4.79 Å². The van der Waals surface area contributed by atoms with Crippen molar-refractivity contribution in [3.05, 3.63) is 63.7 Å². The van der Waals surface area contributed by atoms with E-state index in [2.05, 4.69) is 16.9 Å². The van der Waals surface area contributed by atoms with Crippen LogP contribution >= 0.6 is 0 Å². The highest BCUT2D eigenvalue weighted by Crippen LogP contribution is 2.29. The molecule has 1 N–H and O–H groups in total. The van der Waals surface area contributed by atoms with Crippen LogP contribution in [-0.4, -0.2) is 36.8 Å². The third-order valence-corrected chi connectivity index (χ3v) is 4.52. The number of unbranched alkanes of at least 4 members (excludes halogenated alkanes) is 1. The van der Waals surface area contributed by atoms with Gasteiger partial charge in [-0.1, -0.05) is 25.5 Å². The third kappa shape index (κ3) is 4.86. The van der Waals surface area contributed by atoms with Crippen LogP contribution in [0.15, 0.2) is 41.2 Å². The van der Waals surface area contributed by atoms with E-state index in [1.807, 2.05) is 24.3 Å². The number of methoxy groups -OCH3 is 2. The summed E-state index contributed by atoms with van der Waals surface area (Å²) in [5.74, 6) is 1.22. The van der Waals surface area contributed by atoms with Crippen molar-refractivity contribution in [2.45, 2.75) is 19.8 Å². The summed E-state index contributed by atoms with van der Waals surface area (Å²) in [5.41, 5.74) is 1.34. The number of H-pyrrole nitrogens is 1. The number of carbonyl (C=O) groups excluding carboxylic acids is 1. The molecule has 0 aliphatic rings. The van der Waals surface area contributed by atoms with Crippen LogP contribution in [0.1, 0.15) is 41.5 Å². The molecule has 0 unspecified atom stereocenters. The molecule has 0 amide bonds. The fourth-order valence-electron chi connectivity index (χ4n) is 2.89.